The molecule has 3 rings (SSSR count). The summed E-state index contributed by atoms with van der Waals surface area (Å²) in [6.07, 6.45) is 0. The molecule has 2 N–H and O–H groups in total. The molecular weight excluding hydrogens is 300 g/mol. The van der Waals surface area contributed by atoms with Gasteiger partial charge >= 0.3 is 6.03 Å². The first-order valence-electron chi connectivity index (χ1n) is 7.69. The fourth-order valence-electron chi connectivity index (χ4n) is 2.39. The molecule has 0 aromatic heterocycles. The van der Waals surface area contributed by atoms with Crippen molar-refractivity contribution >= 4 is 11.7 Å². The zero-order valence-corrected chi connectivity index (χ0v) is 13.1. The van der Waals surface area contributed by atoms with Crippen LogP contribution in [0.15, 0.2) is 84.9 Å². The Hall–Kier alpha value is -3.11. The standard InChI is InChI=1S/C20H18N2O2/c23-20(21-19-9-5-2-6-10-19)22(24)15-16-11-13-18(14-12-16)17-7-3-1-4-8-17/h1-14,24H,15H2,(H,21,23). The van der Waals surface area contributed by atoms with Gasteiger partial charge in [-0.2, -0.15) is 0 Å². The molecule has 120 valence electrons. The lowest BCUT2D eigenvalue weighted by Crippen LogP contribution is -2.31. The molecule has 2 amide bonds. The van der Waals surface area contributed by atoms with E-state index in [1.165, 1.54) is 0 Å². The zero-order chi connectivity index (χ0) is 16.8. The van der Waals surface area contributed by atoms with Gasteiger partial charge in [0.15, 0.2) is 0 Å². The number of amides is 2. The highest BCUT2D eigenvalue weighted by Crippen LogP contribution is 2.19. The van der Waals surface area contributed by atoms with Crippen molar-refractivity contribution in [3.63, 3.8) is 0 Å². The van der Waals surface area contributed by atoms with Crippen LogP contribution >= 0.6 is 0 Å². The van der Waals surface area contributed by atoms with Crippen LogP contribution in [0.5, 0.6) is 0 Å². The summed E-state index contributed by atoms with van der Waals surface area (Å²) in [4.78, 5) is 12.0. The van der Waals surface area contributed by atoms with E-state index in [1.807, 2.05) is 72.8 Å². The summed E-state index contributed by atoms with van der Waals surface area (Å²) in [7, 11) is 0. The van der Waals surface area contributed by atoms with E-state index >= 15 is 0 Å². The van der Waals surface area contributed by atoms with Crippen molar-refractivity contribution in [1.82, 2.24) is 5.06 Å². The summed E-state index contributed by atoms with van der Waals surface area (Å²) in [5, 5.41) is 13.2. The topological polar surface area (TPSA) is 52.6 Å². The van der Waals surface area contributed by atoms with Crippen LogP contribution < -0.4 is 5.32 Å². The SMILES string of the molecule is O=C(Nc1ccccc1)N(O)Cc1ccc(-c2ccccc2)cc1. The largest absolute Gasteiger partial charge is 0.345 e. The van der Waals surface area contributed by atoms with Gasteiger partial charge in [0.2, 0.25) is 0 Å². The number of carbonyl (C=O) groups is 1. The maximum absolute atomic E-state index is 12.0. The summed E-state index contributed by atoms with van der Waals surface area (Å²) >= 11 is 0. The molecule has 0 aliphatic heterocycles. The van der Waals surface area contributed by atoms with Gasteiger partial charge in [0.05, 0.1) is 6.54 Å². The third-order valence-corrected chi connectivity index (χ3v) is 3.65. The molecule has 0 aliphatic rings. The van der Waals surface area contributed by atoms with Crippen molar-refractivity contribution in [1.29, 1.82) is 0 Å². The summed E-state index contributed by atoms with van der Waals surface area (Å²) in [5.74, 6) is 0. The molecule has 0 bridgehead atoms. The fraction of sp³-hybridized carbons (Fsp3) is 0.0500. The van der Waals surface area contributed by atoms with E-state index in [4.69, 9.17) is 0 Å². The van der Waals surface area contributed by atoms with Crippen LogP contribution in [0, 0.1) is 0 Å². The van der Waals surface area contributed by atoms with Gasteiger partial charge < -0.3 is 5.32 Å². The van der Waals surface area contributed by atoms with E-state index in [9.17, 15) is 10.0 Å². The summed E-state index contributed by atoms with van der Waals surface area (Å²) in [6.45, 7) is 0.119. The average molecular weight is 318 g/mol. The number of urea groups is 1. The number of para-hydroxylation sites is 1. The van der Waals surface area contributed by atoms with Gasteiger partial charge in [0, 0.05) is 5.69 Å². The minimum atomic E-state index is -0.562. The average Bonchev–Trinajstić information content (AvgIpc) is 2.64. The third kappa shape index (κ3) is 4.00. The molecule has 4 heteroatoms. The number of rotatable bonds is 4. The number of benzene rings is 3. The van der Waals surface area contributed by atoms with Crippen molar-refractivity contribution in [3.05, 3.63) is 90.5 Å². The Morgan fingerprint density at radius 3 is 1.96 bits per heavy atom. The van der Waals surface area contributed by atoms with E-state index in [-0.39, 0.29) is 6.54 Å². The van der Waals surface area contributed by atoms with E-state index < -0.39 is 6.03 Å². The number of hydrogen-bond acceptors (Lipinski definition) is 2. The fourth-order valence-corrected chi connectivity index (χ4v) is 2.39. The minimum Gasteiger partial charge on any atom is -0.306 e. The van der Waals surface area contributed by atoms with Crippen LogP contribution in [0.4, 0.5) is 10.5 Å². The van der Waals surface area contributed by atoms with Crippen LogP contribution in [-0.4, -0.2) is 16.3 Å². The molecule has 4 nitrogen and oxygen atoms in total. The highest BCUT2D eigenvalue weighted by Gasteiger charge is 2.11. The molecule has 3 aromatic carbocycles. The number of nitrogens with one attached hydrogen (secondary N) is 1. The first-order valence-corrected chi connectivity index (χ1v) is 7.69. The van der Waals surface area contributed by atoms with Gasteiger partial charge in [-0.3, -0.25) is 5.21 Å². The molecule has 0 spiro atoms. The molecule has 24 heavy (non-hydrogen) atoms. The lowest BCUT2D eigenvalue weighted by atomic mass is 10.0. The first-order chi connectivity index (χ1) is 11.7. The van der Waals surface area contributed by atoms with Crippen LogP contribution in [0.25, 0.3) is 11.1 Å². The lowest BCUT2D eigenvalue weighted by molar-refractivity contribution is -0.0449. The minimum absolute atomic E-state index is 0.119. The van der Waals surface area contributed by atoms with Crippen molar-refractivity contribution < 1.29 is 10.0 Å². The van der Waals surface area contributed by atoms with Crippen LogP contribution in [-0.2, 0) is 6.54 Å². The van der Waals surface area contributed by atoms with Crippen LogP contribution in [0.2, 0.25) is 0 Å². The van der Waals surface area contributed by atoms with Gasteiger partial charge in [-0.05, 0) is 28.8 Å². The van der Waals surface area contributed by atoms with E-state index in [1.54, 1.807) is 12.1 Å². The van der Waals surface area contributed by atoms with Crippen molar-refractivity contribution in [2.75, 3.05) is 5.32 Å². The molecule has 0 aliphatic carbocycles. The maximum Gasteiger partial charge on any atom is 0.345 e. The Balaban J connectivity index is 1.62. The number of anilines is 1. The van der Waals surface area contributed by atoms with E-state index in [0.717, 1.165) is 16.7 Å². The molecule has 3 aromatic rings. The van der Waals surface area contributed by atoms with Crippen molar-refractivity contribution in [3.8, 4) is 11.1 Å². The Bertz CT molecular complexity index is 787. The quantitative estimate of drug-likeness (QED) is 0.537. The monoisotopic (exact) mass is 318 g/mol. The predicted octanol–water partition coefficient (Wildman–Crippen LogP) is 4.78. The number of hydrogen-bond donors (Lipinski definition) is 2. The second-order valence-electron chi connectivity index (χ2n) is 5.42. The van der Waals surface area contributed by atoms with Gasteiger partial charge in [0.25, 0.3) is 0 Å². The van der Waals surface area contributed by atoms with Gasteiger partial charge in [0.1, 0.15) is 0 Å². The number of hydroxylamine groups is 2. The summed E-state index contributed by atoms with van der Waals surface area (Å²) in [6, 6.07) is 26.3. The van der Waals surface area contributed by atoms with E-state index in [0.29, 0.717) is 10.8 Å². The zero-order valence-electron chi connectivity index (χ0n) is 13.1. The normalized spacial score (nSPS) is 10.2. The third-order valence-electron chi connectivity index (χ3n) is 3.65. The Labute approximate surface area is 140 Å². The smallest absolute Gasteiger partial charge is 0.306 e. The summed E-state index contributed by atoms with van der Waals surface area (Å²) < 4.78 is 0. The molecular formula is C20H18N2O2. The molecule has 0 heterocycles. The first kappa shape index (κ1) is 15.8. The molecule has 0 saturated heterocycles. The van der Waals surface area contributed by atoms with Crippen molar-refractivity contribution in [2.24, 2.45) is 0 Å². The van der Waals surface area contributed by atoms with E-state index in [2.05, 4.69) is 5.32 Å². The second kappa shape index (κ2) is 7.44. The highest BCUT2D eigenvalue weighted by molar-refractivity contribution is 5.88. The summed E-state index contributed by atoms with van der Waals surface area (Å²) in [5.41, 5.74) is 3.71. The molecule has 0 saturated carbocycles. The number of nitrogens with zero attached hydrogens (tertiary/aromatic N) is 1. The van der Waals surface area contributed by atoms with Gasteiger partial charge in [-0.1, -0.05) is 72.8 Å². The molecule has 0 fully saturated rings. The highest BCUT2D eigenvalue weighted by atomic mass is 16.5. The Kier molecular flexibility index (Phi) is 4.89. The van der Waals surface area contributed by atoms with Gasteiger partial charge in [-0.25, -0.2) is 9.86 Å². The Morgan fingerprint density at radius 1 is 0.792 bits per heavy atom. The van der Waals surface area contributed by atoms with Gasteiger partial charge in [-0.15, -0.1) is 0 Å². The molecule has 0 unspecified atom stereocenters. The number of carbonyl (C=O) groups excluding carboxylic acids is 1. The molecule has 0 radical (unpaired) electrons. The Morgan fingerprint density at radius 2 is 1.33 bits per heavy atom. The van der Waals surface area contributed by atoms with Crippen molar-refractivity contribution in [2.45, 2.75) is 6.54 Å². The van der Waals surface area contributed by atoms with Crippen LogP contribution in [0.3, 0.4) is 0 Å². The van der Waals surface area contributed by atoms with Crippen LogP contribution in [0.1, 0.15) is 5.56 Å². The molecule has 0 atom stereocenters. The maximum atomic E-state index is 12.0. The predicted molar refractivity (Wildman–Crippen MR) is 94.7 cm³/mol. The lowest BCUT2D eigenvalue weighted by Gasteiger charge is -2.16. The second-order valence-corrected chi connectivity index (χ2v) is 5.42.